The van der Waals surface area contributed by atoms with Crippen LogP contribution in [0.2, 0.25) is 0 Å². The van der Waals surface area contributed by atoms with Crippen LogP contribution in [0.15, 0.2) is 42.6 Å². The molecule has 4 rings (SSSR count). The SMILES string of the molecule is Cc1ccc(-c2cccc(C(=O)N3CCCCC3CN3CCOCC3)c2)nc1. The monoisotopic (exact) mass is 379 g/mol. The van der Waals surface area contributed by atoms with E-state index in [0.29, 0.717) is 6.04 Å². The zero-order valence-corrected chi connectivity index (χ0v) is 16.6. The summed E-state index contributed by atoms with van der Waals surface area (Å²) in [4.78, 5) is 22.4. The molecule has 0 spiro atoms. The van der Waals surface area contributed by atoms with Crippen LogP contribution in [0.1, 0.15) is 35.2 Å². The molecule has 1 unspecified atom stereocenters. The Morgan fingerprint density at radius 1 is 1.14 bits per heavy atom. The maximum Gasteiger partial charge on any atom is 0.254 e. The lowest BCUT2D eigenvalue weighted by molar-refractivity contribution is 0.0166. The Morgan fingerprint density at radius 3 is 2.79 bits per heavy atom. The summed E-state index contributed by atoms with van der Waals surface area (Å²) in [5, 5.41) is 0. The Balaban J connectivity index is 1.51. The number of nitrogens with zero attached hydrogens (tertiary/aromatic N) is 3. The van der Waals surface area contributed by atoms with Crippen LogP contribution in [-0.4, -0.2) is 66.1 Å². The van der Waals surface area contributed by atoms with Gasteiger partial charge in [0.1, 0.15) is 0 Å². The fourth-order valence-electron chi connectivity index (χ4n) is 4.16. The Morgan fingerprint density at radius 2 is 2.00 bits per heavy atom. The van der Waals surface area contributed by atoms with Gasteiger partial charge in [0.15, 0.2) is 0 Å². The number of carbonyl (C=O) groups is 1. The van der Waals surface area contributed by atoms with Gasteiger partial charge in [-0.1, -0.05) is 18.2 Å². The number of benzene rings is 1. The van der Waals surface area contributed by atoms with Crippen molar-refractivity contribution < 1.29 is 9.53 Å². The number of piperidine rings is 1. The van der Waals surface area contributed by atoms with Gasteiger partial charge in [0.2, 0.25) is 0 Å². The predicted molar refractivity (Wildman–Crippen MR) is 110 cm³/mol. The van der Waals surface area contributed by atoms with Crippen molar-refractivity contribution in [3.63, 3.8) is 0 Å². The molecule has 2 saturated heterocycles. The maximum atomic E-state index is 13.4. The van der Waals surface area contributed by atoms with Crippen molar-refractivity contribution >= 4 is 5.91 Å². The average molecular weight is 380 g/mol. The molecule has 28 heavy (non-hydrogen) atoms. The zero-order valence-electron chi connectivity index (χ0n) is 16.6. The highest BCUT2D eigenvalue weighted by Crippen LogP contribution is 2.24. The molecule has 2 aromatic rings. The smallest absolute Gasteiger partial charge is 0.254 e. The molecule has 1 amide bonds. The van der Waals surface area contributed by atoms with Gasteiger partial charge >= 0.3 is 0 Å². The summed E-state index contributed by atoms with van der Waals surface area (Å²) in [6.45, 7) is 7.36. The number of hydrogen-bond donors (Lipinski definition) is 0. The molecule has 1 aromatic carbocycles. The van der Waals surface area contributed by atoms with E-state index >= 15 is 0 Å². The minimum absolute atomic E-state index is 0.145. The van der Waals surface area contributed by atoms with Crippen molar-refractivity contribution in [2.75, 3.05) is 39.4 Å². The summed E-state index contributed by atoms with van der Waals surface area (Å²) >= 11 is 0. The molecular formula is C23H29N3O2. The second-order valence-corrected chi connectivity index (χ2v) is 7.86. The fourth-order valence-corrected chi connectivity index (χ4v) is 4.16. The first-order valence-corrected chi connectivity index (χ1v) is 10.3. The zero-order chi connectivity index (χ0) is 19.3. The number of ether oxygens (including phenoxy) is 1. The largest absolute Gasteiger partial charge is 0.379 e. The second-order valence-electron chi connectivity index (χ2n) is 7.86. The highest BCUT2D eigenvalue weighted by molar-refractivity contribution is 5.95. The normalized spacial score (nSPS) is 20.9. The molecule has 148 valence electrons. The van der Waals surface area contributed by atoms with Gasteiger partial charge in [0, 0.05) is 49.5 Å². The highest BCUT2D eigenvalue weighted by atomic mass is 16.5. The standard InChI is InChI=1S/C23H29N3O2/c1-18-8-9-22(24-16-18)19-5-4-6-20(15-19)23(27)26-10-3-2-7-21(26)17-25-11-13-28-14-12-25/h4-6,8-9,15-16,21H,2-3,7,10-14,17H2,1H3. The number of aromatic nitrogens is 1. The van der Waals surface area contributed by atoms with Crippen molar-refractivity contribution in [1.29, 1.82) is 0 Å². The molecule has 0 saturated carbocycles. The molecule has 5 heteroatoms. The summed E-state index contributed by atoms with van der Waals surface area (Å²) in [5.41, 5.74) is 3.79. The van der Waals surface area contributed by atoms with E-state index in [9.17, 15) is 4.79 Å². The van der Waals surface area contributed by atoms with Gasteiger partial charge in [-0.05, 0) is 49.9 Å². The van der Waals surface area contributed by atoms with Crippen LogP contribution in [0.4, 0.5) is 0 Å². The third-order valence-corrected chi connectivity index (χ3v) is 5.78. The molecule has 5 nitrogen and oxygen atoms in total. The van der Waals surface area contributed by atoms with Gasteiger partial charge in [0.05, 0.1) is 18.9 Å². The van der Waals surface area contributed by atoms with Crippen molar-refractivity contribution in [2.45, 2.75) is 32.2 Å². The van der Waals surface area contributed by atoms with Gasteiger partial charge in [0.25, 0.3) is 5.91 Å². The second kappa shape index (κ2) is 8.84. The van der Waals surface area contributed by atoms with Gasteiger partial charge in [-0.25, -0.2) is 0 Å². The van der Waals surface area contributed by atoms with Crippen LogP contribution in [0, 0.1) is 6.92 Å². The van der Waals surface area contributed by atoms with E-state index in [1.165, 1.54) is 6.42 Å². The fraction of sp³-hybridized carbons (Fsp3) is 0.478. The van der Waals surface area contributed by atoms with Crippen molar-refractivity contribution in [2.24, 2.45) is 0 Å². The topological polar surface area (TPSA) is 45.7 Å². The van der Waals surface area contributed by atoms with E-state index in [0.717, 1.165) is 74.6 Å². The summed E-state index contributed by atoms with van der Waals surface area (Å²) in [7, 11) is 0. The van der Waals surface area contributed by atoms with E-state index in [-0.39, 0.29) is 5.91 Å². The van der Waals surface area contributed by atoms with E-state index < -0.39 is 0 Å². The molecule has 3 heterocycles. The molecule has 2 aliphatic rings. The number of carbonyl (C=O) groups excluding carboxylic acids is 1. The summed E-state index contributed by atoms with van der Waals surface area (Å²) in [6.07, 6.45) is 5.24. The molecule has 1 aromatic heterocycles. The first-order valence-electron chi connectivity index (χ1n) is 10.3. The third kappa shape index (κ3) is 4.42. The number of aryl methyl sites for hydroxylation is 1. The van der Waals surface area contributed by atoms with Crippen LogP contribution in [0.25, 0.3) is 11.3 Å². The van der Waals surface area contributed by atoms with E-state index in [1.54, 1.807) is 0 Å². The van der Waals surface area contributed by atoms with Crippen molar-refractivity contribution in [3.05, 3.63) is 53.7 Å². The lowest BCUT2D eigenvalue weighted by Crippen LogP contribution is -2.51. The molecule has 0 aliphatic carbocycles. The first-order chi connectivity index (χ1) is 13.7. The van der Waals surface area contributed by atoms with E-state index in [4.69, 9.17) is 4.74 Å². The lowest BCUT2D eigenvalue weighted by atomic mass is 9.99. The summed E-state index contributed by atoms with van der Waals surface area (Å²) in [6, 6.07) is 12.3. The quantitative estimate of drug-likeness (QED) is 0.817. The van der Waals surface area contributed by atoms with Gasteiger partial charge in [-0.3, -0.25) is 14.7 Å². The van der Waals surface area contributed by atoms with Crippen LogP contribution >= 0.6 is 0 Å². The van der Waals surface area contributed by atoms with Crippen LogP contribution < -0.4 is 0 Å². The Labute approximate surface area is 167 Å². The van der Waals surface area contributed by atoms with Crippen LogP contribution in [-0.2, 0) is 4.74 Å². The average Bonchev–Trinajstić information content (AvgIpc) is 2.75. The number of likely N-dealkylation sites (tertiary alicyclic amines) is 1. The molecule has 1 atom stereocenters. The van der Waals surface area contributed by atoms with Crippen LogP contribution in [0.3, 0.4) is 0 Å². The highest BCUT2D eigenvalue weighted by Gasteiger charge is 2.29. The van der Waals surface area contributed by atoms with Crippen molar-refractivity contribution in [1.82, 2.24) is 14.8 Å². The molecular weight excluding hydrogens is 350 g/mol. The third-order valence-electron chi connectivity index (χ3n) is 5.78. The Hall–Kier alpha value is -2.24. The van der Waals surface area contributed by atoms with Gasteiger partial charge in [-0.2, -0.15) is 0 Å². The number of morpholine rings is 1. The summed E-state index contributed by atoms with van der Waals surface area (Å²) < 4.78 is 5.47. The number of pyridine rings is 1. The number of rotatable bonds is 4. The van der Waals surface area contributed by atoms with Gasteiger partial charge < -0.3 is 9.64 Å². The van der Waals surface area contributed by atoms with E-state index in [1.807, 2.05) is 43.5 Å². The maximum absolute atomic E-state index is 13.4. The molecule has 2 fully saturated rings. The Kier molecular flexibility index (Phi) is 6.03. The van der Waals surface area contributed by atoms with Crippen molar-refractivity contribution in [3.8, 4) is 11.3 Å². The molecule has 0 N–H and O–H groups in total. The predicted octanol–water partition coefficient (Wildman–Crippen LogP) is 3.38. The minimum atomic E-state index is 0.145. The van der Waals surface area contributed by atoms with Crippen LogP contribution in [0.5, 0.6) is 0 Å². The number of hydrogen-bond acceptors (Lipinski definition) is 4. The van der Waals surface area contributed by atoms with Gasteiger partial charge in [-0.15, -0.1) is 0 Å². The van der Waals surface area contributed by atoms with E-state index in [2.05, 4.69) is 20.9 Å². The number of amides is 1. The lowest BCUT2D eigenvalue weighted by Gasteiger charge is -2.39. The first kappa shape index (κ1) is 19.1. The molecule has 0 bridgehead atoms. The minimum Gasteiger partial charge on any atom is -0.379 e. The molecule has 2 aliphatic heterocycles. The molecule has 0 radical (unpaired) electrons. The Bertz CT molecular complexity index is 800. The summed E-state index contributed by atoms with van der Waals surface area (Å²) in [5.74, 6) is 0.145.